The van der Waals surface area contributed by atoms with E-state index in [0.29, 0.717) is 5.71 Å². The van der Waals surface area contributed by atoms with Crippen molar-refractivity contribution in [3.8, 4) is 33.6 Å². The predicted molar refractivity (Wildman–Crippen MR) is 183 cm³/mol. The molecule has 0 amide bonds. The van der Waals surface area contributed by atoms with Crippen molar-refractivity contribution in [1.29, 1.82) is 0 Å². The van der Waals surface area contributed by atoms with E-state index in [2.05, 4.69) is 120 Å². The summed E-state index contributed by atoms with van der Waals surface area (Å²) >= 11 is 0. The zero-order valence-corrected chi connectivity index (χ0v) is 26.8. The molecule has 4 heterocycles. The van der Waals surface area contributed by atoms with E-state index >= 15 is 0 Å². The highest BCUT2D eigenvalue weighted by atomic mass is 16.3. The Morgan fingerprint density at radius 2 is 1.36 bits per heavy atom. The molecular formula is C40H37N3O. The first-order valence-electron chi connectivity index (χ1n) is 15.3. The predicted octanol–water partition coefficient (Wildman–Crippen LogP) is 10.8. The highest BCUT2D eigenvalue weighted by Gasteiger charge is 2.19. The molecule has 0 atom stereocenters. The van der Waals surface area contributed by atoms with Crippen molar-refractivity contribution < 1.29 is 4.42 Å². The lowest BCUT2D eigenvalue weighted by Gasteiger charge is -2.22. The van der Waals surface area contributed by atoms with Gasteiger partial charge >= 0.3 is 0 Å². The average molecular weight is 576 g/mol. The topological polar surface area (TPSA) is 51.8 Å². The minimum Gasteiger partial charge on any atom is -0.437 e. The van der Waals surface area contributed by atoms with Crippen LogP contribution in [0.4, 0.5) is 0 Å². The molecule has 0 saturated heterocycles. The summed E-state index contributed by atoms with van der Waals surface area (Å²) in [6.45, 7) is 17.5. The number of furan rings is 1. The van der Waals surface area contributed by atoms with E-state index in [4.69, 9.17) is 14.4 Å². The maximum atomic E-state index is 6.30. The third-order valence-corrected chi connectivity index (χ3v) is 8.86. The summed E-state index contributed by atoms with van der Waals surface area (Å²) in [6.07, 6.45) is 1.96. The van der Waals surface area contributed by atoms with E-state index in [1.807, 2.05) is 19.2 Å². The lowest BCUT2D eigenvalue weighted by Crippen LogP contribution is -2.12. The van der Waals surface area contributed by atoms with Crippen LogP contribution < -0.4 is 0 Å². The molecule has 0 fully saturated rings. The van der Waals surface area contributed by atoms with Crippen LogP contribution >= 0.6 is 0 Å². The summed E-state index contributed by atoms with van der Waals surface area (Å²) in [7, 11) is 0. The normalized spacial score (nSPS) is 12.1. The number of para-hydroxylation sites is 1. The molecule has 0 N–H and O–H groups in total. The quantitative estimate of drug-likeness (QED) is 0.210. The zero-order valence-electron chi connectivity index (χ0n) is 26.8. The van der Waals surface area contributed by atoms with Gasteiger partial charge in [0, 0.05) is 39.2 Å². The molecule has 3 aromatic carbocycles. The summed E-state index contributed by atoms with van der Waals surface area (Å²) in [5.74, 6) is 0. The van der Waals surface area contributed by atoms with Crippen LogP contribution in [0.3, 0.4) is 0 Å². The fourth-order valence-corrected chi connectivity index (χ4v) is 6.44. The van der Waals surface area contributed by atoms with E-state index in [1.54, 1.807) is 0 Å². The van der Waals surface area contributed by atoms with Crippen LogP contribution in [-0.2, 0) is 5.41 Å². The molecule has 0 spiro atoms. The molecule has 0 bridgehead atoms. The molecule has 0 aliphatic carbocycles. The number of aryl methyl sites for hydroxylation is 5. The van der Waals surface area contributed by atoms with Gasteiger partial charge in [-0.15, -0.1) is 0 Å². The van der Waals surface area contributed by atoms with Gasteiger partial charge in [0.1, 0.15) is 5.58 Å². The van der Waals surface area contributed by atoms with Crippen molar-refractivity contribution in [2.75, 3.05) is 0 Å². The number of pyridine rings is 3. The van der Waals surface area contributed by atoms with Crippen LogP contribution in [0, 0.1) is 34.6 Å². The molecule has 0 unspecified atom stereocenters. The molecule has 4 aromatic heterocycles. The second kappa shape index (κ2) is 10.1. The smallest absolute Gasteiger partial charge is 0.227 e. The van der Waals surface area contributed by atoms with Crippen molar-refractivity contribution >= 4 is 33.0 Å². The fourth-order valence-electron chi connectivity index (χ4n) is 6.44. The third-order valence-electron chi connectivity index (χ3n) is 8.86. The maximum Gasteiger partial charge on any atom is 0.227 e. The van der Waals surface area contributed by atoms with Gasteiger partial charge in [-0.25, -0.2) is 9.97 Å². The first-order chi connectivity index (χ1) is 21.0. The molecule has 4 heteroatoms. The van der Waals surface area contributed by atoms with Crippen LogP contribution in [0.25, 0.3) is 66.6 Å². The Morgan fingerprint density at radius 1 is 0.614 bits per heavy atom. The van der Waals surface area contributed by atoms with E-state index in [-0.39, 0.29) is 5.41 Å². The Labute approximate surface area is 258 Å². The Kier molecular flexibility index (Phi) is 6.44. The highest BCUT2D eigenvalue weighted by Crippen LogP contribution is 2.38. The van der Waals surface area contributed by atoms with Gasteiger partial charge in [-0.2, -0.15) is 0 Å². The van der Waals surface area contributed by atoms with Crippen molar-refractivity contribution in [3.63, 3.8) is 0 Å². The molecule has 44 heavy (non-hydrogen) atoms. The van der Waals surface area contributed by atoms with Gasteiger partial charge in [0.15, 0.2) is 0 Å². The van der Waals surface area contributed by atoms with Gasteiger partial charge in [0.05, 0.1) is 16.9 Å². The van der Waals surface area contributed by atoms with Gasteiger partial charge in [0.2, 0.25) is 5.71 Å². The second-order valence-corrected chi connectivity index (χ2v) is 13.3. The first kappa shape index (κ1) is 28.0. The van der Waals surface area contributed by atoms with Crippen LogP contribution in [0.5, 0.6) is 0 Å². The van der Waals surface area contributed by atoms with Crippen LogP contribution in [-0.4, -0.2) is 15.0 Å². The molecule has 0 saturated carbocycles. The van der Waals surface area contributed by atoms with Gasteiger partial charge in [-0.05, 0) is 121 Å². The molecule has 218 valence electrons. The molecule has 0 aliphatic heterocycles. The van der Waals surface area contributed by atoms with E-state index in [0.717, 1.165) is 61.0 Å². The molecule has 0 aliphatic rings. The third kappa shape index (κ3) is 4.66. The number of hydrogen-bond acceptors (Lipinski definition) is 4. The van der Waals surface area contributed by atoms with E-state index in [1.165, 1.54) is 33.4 Å². The minimum atomic E-state index is 0.109. The van der Waals surface area contributed by atoms with Gasteiger partial charge in [0.25, 0.3) is 0 Å². The van der Waals surface area contributed by atoms with Crippen molar-refractivity contribution in [2.45, 2.75) is 60.8 Å². The molecular weight excluding hydrogens is 538 g/mol. The van der Waals surface area contributed by atoms with E-state index in [9.17, 15) is 0 Å². The lowest BCUT2D eigenvalue weighted by atomic mass is 9.83. The van der Waals surface area contributed by atoms with E-state index < -0.39 is 0 Å². The summed E-state index contributed by atoms with van der Waals surface area (Å²) in [6, 6.07) is 26.0. The summed E-state index contributed by atoms with van der Waals surface area (Å²) in [5, 5.41) is 3.19. The molecule has 7 aromatic rings. The lowest BCUT2D eigenvalue weighted by molar-refractivity contribution is 0.589. The SMILES string of the molecule is Cc1ccc2c(n1)oc1c(-c3cc(-c4cc5ccc(-c6c(C)cc(C(C)(C)C)cc6C)nc5cc4C)c(C)cn3)cccc12. The van der Waals surface area contributed by atoms with Crippen LogP contribution in [0.2, 0.25) is 0 Å². The largest absolute Gasteiger partial charge is 0.437 e. The summed E-state index contributed by atoms with van der Waals surface area (Å²) < 4.78 is 6.30. The average Bonchev–Trinajstić information content (AvgIpc) is 3.34. The molecule has 7 rings (SSSR count). The Bertz CT molecular complexity index is 2240. The number of fused-ring (bicyclic) bond motifs is 4. The van der Waals surface area contributed by atoms with Gasteiger partial charge < -0.3 is 4.42 Å². The fraction of sp³-hybridized carbons (Fsp3) is 0.225. The standard InChI is InChI=1S/C40H37N3O/c1-22-18-35-27(13-15-34(43-35)37-23(2)16-28(17-24(37)3)40(6,7)8)19-32(22)33-20-36(41-21-25(33)4)31-11-9-10-29-30-14-12-26(5)42-39(30)44-38(29)31/h9-21H,1-8H3. The highest BCUT2D eigenvalue weighted by molar-refractivity contribution is 6.08. The summed E-state index contributed by atoms with van der Waals surface area (Å²) in [4.78, 5) is 14.6. The van der Waals surface area contributed by atoms with Crippen molar-refractivity contribution in [2.24, 2.45) is 0 Å². The molecule has 0 radical (unpaired) electrons. The number of nitrogens with zero attached hydrogens (tertiary/aromatic N) is 3. The monoisotopic (exact) mass is 575 g/mol. The Balaban J connectivity index is 1.32. The number of aromatic nitrogens is 3. The van der Waals surface area contributed by atoms with Crippen molar-refractivity contribution in [3.05, 3.63) is 113 Å². The van der Waals surface area contributed by atoms with Gasteiger partial charge in [-0.3, -0.25) is 4.98 Å². The second-order valence-electron chi connectivity index (χ2n) is 13.3. The van der Waals surface area contributed by atoms with Crippen LogP contribution in [0.1, 0.15) is 54.3 Å². The first-order valence-corrected chi connectivity index (χ1v) is 15.3. The van der Waals surface area contributed by atoms with Crippen molar-refractivity contribution in [1.82, 2.24) is 15.0 Å². The number of hydrogen-bond donors (Lipinski definition) is 0. The Hall–Kier alpha value is -4.83. The zero-order chi connectivity index (χ0) is 30.9. The minimum absolute atomic E-state index is 0.109. The number of benzene rings is 3. The number of rotatable bonds is 3. The Morgan fingerprint density at radius 3 is 2.11 bits per heavy atom. The summed E-state index contributed by atoms with van der Waals surface area (Å²) in [5.41, 5.74) is 16.1. The van der Waals surface area contributed by atoms with Gasteiger partial charge in [-0.1, -0.05) is 51.1 Å². The van der Waals surface area contributed by atoms with Crippen LogP contribution in [0.15, 0.2) is 83.4 Å². The maximum absolute atomic E-state index is 6.30. The molecule has 4 nitrogen and oxygen atoms in total.